The number of hydrogen-bond acceptors (Lipinski definition) is 2. The summed E-state index contributed by atoms with van der Waals surface area (Å²) in [6, 6.07) is 5.60. The molecular weight excluding hydrogens is 207 g/mol. The SMILES string of the molecule is NCCNCc1cccc(Cl)c1Cl. The lowest BCUT2D eigenvalue weighted by molar-refractivity contribution is 0.695. The van der Waals surface area contributed by atoms with Crippen LogP contribution in [0.1, 0.15) is 5.56 Å². The van der Waals surface area contributed by atoms with Crippen molar-refractivity contribution in [1.29, 1.82) is 0 Å². The molecule has 0 saturated carbocycles. The van der Waals surface area contributed by atoms with Crippen LogP contribution in [0.4, 0.5) is 0 Å². The summed E-state index contributed by atoms with van der Waals surface area (Å²) < 4.78 is 0. The first-order valence-electron chi connectivity index (χ1n) is 4.09. The molecule has 2 nitrogen and oxygen atoms in total. The molecule has 72 valence electrons. The van der Waals surface area contributed by atoms with Gasteiger partial charge in [-0.2, -0.15) is 0 Å². The average molecular weight is 219 g/mol. The summed E-state index contributed by atoms with van der Waals surface area (Å²) in [5.41, 5.74) is 6.34. The molecule has 0 spiro atoms. The molecule has 0 unspecified atom stereocenters. The molecule has 0 aliphatic heterocycles. The third-order valence-electron chi connectivity index (χ3n) is 1.67. The fraction of sp³-hybridized carbons (Fsp3) is 0.333. The van der Waals surface area contributed by atoms with Crippen molar-refractivity contribution in [2.75, 3.05) is 13.1 Å². The van der Waals surface area contributed by atoms with Crippen molar-refractivity contribution in [2.45, 2.75) is 6.54 Å². The first-order valence-corrected chi connectivity index (χ1v) is 4.85. The van der Waals surface area contributed by atoms with Gasteiger partial charge in [-0.25, -0.2) is 0 Å². The molecule has 0 fully saturated rings. The molecule has 4 heteroatoms. The molecule has 0 bridgehead atoms. The Morgan fingerprint density at radius 1 is 1.31 bits per heavy atom. The van der Waals surface area contributed by atoms with Crippen LogP contribution in [-0.4, -0.2) is 13.1 Å². The van der Waals surface area contributed by atoms with Crippen LogP contribution in [0, 0.1) is 0 Å². The number of benzene rings is 1. The molecule has 0 radical (unpaired) electrons. The molecule has 0 aromatic heterocycles. The molecule has 13 heavy (non-hydrogen) atoms. The molecule has 0 atom stereocenters. The second-order valence-electron chi connectivity index (χ2n) is 2.68. The average Bonchev–Trinajstić information content (AvgIpc) is 2.13. The fourth-order valence-electron chi connectivity index (χ4n) is 1.01. The van der Waals surface area contributed by atoms with Gasteiger partial charge in [0, 0.05) is 19.6 Å². The summed E-state index contributed by atoms with van der Waals surface area (Å²) in [5.74, 6) is 0. The number of halogens is 2. The topological polar surface area (TPSA) is 38.0 Å². The van der Waals surface area contributed by atoms with Crippen molar-refractivity contribution in [3.05, 3.63) is 33.8 Å². The minimum absolute atomic E-state index is 0.591. The van der Waals surface area contributed by atoms with Gasteiger partial charge in [0.15, 0.2) is 0 Å². The van der Waals surface area contributed by atoms with Crippen molar-refractivity contribution >= 4 is 23.2 Å². The van der Waals surface area contributed by atoms with Crippen molar-refractivity contribution in [3.63, 3.8) is 0 Å². The lowest BCUT2D eigenvalue weighted by atomic mass is 10.2. The van der Waals surface area contributed by atoms with Crippen LogP contribution >= 0.6 is 23.2 Å². The predicted molar refractivity (Wildman–Crippen MR) is 57.2 cm³/mol. The monoisotopic (exact) mass is 218 g/mol. The maximum Gasteiger partial charge on any atom is 0.0637 e. The van der Waals surface area contributed by atoms with Crippen molar-refractivity contribution in [3.8, 4) is 0 Å². The van der Waals surface area contributed by atoms with Gasteiger partial charge >= 0.3 is 0 Å². The van der Waals surface area contributed by atoms with Crippen LogP contribution < -0.4 is 11.1 Å². The van der Waals surface area contributed by atoms with E-state index in [-0.39, 0.29) is 0 Å². The fourth-order valence-corrected chi connectivity index (χ4v) is 1.40. The molecule has 1 aromatic carbocycles. The van der Waals surface area contributed by atoms with Crippen LogP contribution in [0.25, 0.3) is 0 Å². The second-order valence-corrected chi connectivity index (χ2v) is 3.46. The van der Waals surface area contributed by atoms with Crippen LogP contribution in [0.3, 0.4) is 0 Å². The Hall–Kier alpha value is -0.280. The zero-order valence-corrected chi connectivity index (χ0v) is 8.70. The van der Waals surface area contributed by atoms with Gasteiger partial charge in [-0.05, 0) is 11.6 Å². The summed E-state index contributed by atoms with van der Waals surface area (Å²) in [5, 5.41) is 4.36. The molecule has 0 heterocycles. The minimum atomic E-state index is 0.591. The zero-order valence-electron chi connectivity index (χ0n) is 7.19. The highest BCUT2D eigenvalue weighted by Crippen LogP contribution is 2.25. The second kappa shape index (κ2) is 5.45. The highest BCUT2D eigenvalue weighted by atomic mass is 35.5. The number of nitrogens with two attached hydrogens (primary N) is 1. The van der Waals surface area contributed by atoms with Gasteiger partial charge in [0.25, 0.3) is 0 Å². The van der Waals surface area contributed by atoms with Crippen LogP contribution in [0.15, 0.2) is 18.2 Å². The molecule has 1 aromatic rings. The Morgan fingerprint density at radius 3 is 2.77 bits per heavy atom. The molecule has 0 aliphatic carbocycles. The highest BCUT2D eigenvalue weighted by molar-refractivity contribution is 6.42. The van der Waals surface area contributed by atoms with Crippen LogP contribution in [0.5, 0.6) is 0 Å². The van der Waals surface area contributed by atoms with Gasteiger partial charge < -0.3 is 11.1 Å². The first kappa shape index (κ1) is 10.8. The molecular formula is C9H12Cl2N2. The Kier molecular flexibility index (Phi) is 4.53. The van der Waals surface area contributed by atoms with E-state index in [0.717, 1.165) is 12.1 Å². The van der Waals surface area contributed by atoms with Crippen molar-refractivity contribution in [2.24, 2.45) is 5.73 Å². The van der Waals surface area contributed by atoms with E-state index < -0.39 is 0 Å². The minimum Gasteiger partial charge on any atom is -0.329 e. The Labute approximate surface area is 88.0 Å². The van der Waals surface area contributed by atoms with E-state index in [4.69, 9.17) is 28.9 Å². The van der Waals surface area contributed by atoms with E-state index in [9.17, 15) is 0 Å². The van der Waals surface area contributed by atoms with E-state index >= 15 is 0 Å². The van der Waals surface area contributed by atoms with E-state index in [1.807, 2.05) is 12.1 Å². The normalized spacial score (nSPS) is 10.4. The molecule has 0 amide bonds. The van der Waals surface area contributed by atoms with Gasteiger partial charge in [0.1, 0.15) is 0 Å². The maximum absolute atomic E-state index is 5.97. The lowest BCUT2D eigenvalue weighted by Crippen LogP contribution is -2.21. The Morgan fingerprint density at radius 2 is 2.08 bits per heavy atom. The molecule has 3 N–H and O–H groups in total. The third-order valence-corrected chi connectivity index (χ3v) is 2.53. The van der Waals surface area contributed by atoms with Crippen molar-refractivity contribution in [1.82, 2.24) is 5.32 Å². The summed E-state index contributed by atoms with van der Waals surface area (Å²) >= 11 is 11.8. The Balaban J connectivity index is 2.61. The Bertz CT molecular complexity index is 276. The quantitative estimate of drug-likeness (QED) is 0.760. The number of rotatable bonds is 4. The first-order chi connectivity index (χ1) is 6.25. The van der Waals surface area contributed by atoms with E-state index in [1.54, 1.807) is 6.07 Å². The lowest BCUT2D eigenvalue weighted by Gasteiger charge is -2.06. The van der Waals surface area contributed by atoms with Gasteiger partial charge in [-0.1, -0.05) is 35.3 Å². The zero-order chi connectivity index (χ0) is 9.68. The summed E-state index contributed by atoms with van der Waals surface area (Å²) in [6.45, 7) is 2.11. The smallest absolute Gasteiger partial charge is 0.0637 e. The summed E-state index contributed by atoms with van der Waals surface area (Å²) in [7, 11) is 0. The van der Waals surface area contributed by atoms with Gasteiger partial charge in [-0.15, -0.1) is 0 Å². The predicted octanol–water partition coefficient (Wildman–Crippen LogP) is 2.04. The molecule has 0 aliphatic rings. The molecule has 1 rings (SSSR count). The summed E-state index contributed by atoms with van der Waals surface area (Å²) in [6.07, 6.45) is 0. The van der Waals surface area contributed by atoms with Crippen molar-refractivity contribution < 1.29 is 0 Å². The number of hydrogen-bond donors (Lipinski definition) is 2. The highest BCUT2D eigenvalue weighted by Gasteiger charge is 2.02. The third kappa shape index (κ3) is 3.16. The van der Waals surface area contributed by atoms with E-state index in [1.165, 1.54) is 0 Å². The van der Waals surface area contributed by atoms with E-state index in [0.29, 0.717) is 23.1 Å². The van der Waals surface area contributed by atoms with Gasteiger partial charge in [0.05, 0.1) is 10.0 Å². The number of nitrogens with one attached hydrogen (secondary N) is 1. The van der Waals surface area contributed by atoms with Crippen LogP contribution in [-0.2, 0) is 6.54 Å². The van der Waals surface area contributed by atoms with E-state index in [2.05, 4.69) is 5.32 Å². The van der Waals surface area contributed by atoms with Gasteiger partial charge in [-0.3, -0.25) is 0 Å². The maximum atomic E-state index is 5.97. The van der Waals surface area contributed by atoms with Gasteiger partial charge in [0.2, 0.25) is 0 Å². The molecule has 0 saturated heterocycles. The standard InChI is InChI=1S/C9H12Cl2N2/c10-8-3-1-2-7(9(8)11)6-13-5-4-12/h1-3,13H,4-6,12H2. The van der Waals surface area contributed by atoms with Crippen LogP contribution in [0.2, 0.25) is 10.0 Å². The largest absolute Gasteiger partial charge is 0.329 e. The summed E-state index contributed by atoms with van der Waals surface area (Å²) in [4.78, 5) is 0.